The summed E-state index contributed by atoms with van der Waals surface area (Å²) in [6.07, 6.45) is 4.50. The van der Waals surface area contributed by atoms with Crippen LogP contribution in [-0.4, -0.2) is 12.7 Å². The lowest BCUT2D eigenvalue weighted by atomic mass is 10.2. The summed E-state index contributed by atoms with van der Waals surface area (Å²) in [7, 11) is 0. The topological polar surface area (TPSA) is 26.0 Å². The average molecular weight is 115 g/mol. The van der Waals surface area contributed by atoms with Crippen molar-refractivity contribution in [2.75, 3.05) is 6.54 Å². The van der Waals surface area contributed by atoms with Crippen molar-refractivity contribution in [1.82, 2.24) is 0 Å². The summed E-state index contributed by atoms with van der Waals surface area (Å²) in [6.45, 7) is 0.378. The molecule has 0 heterocycles. The second-order valence-corrected chi connectivity index (χ2v) is 1.58. The molecule has 1 atom stereocenters. The van der Waals surface area contributed by atoms with E-state index in [0.29, 0.717) is 13.0 Å². The number of hydrogen-bond donors (Lipinski definition) is 1. The molecule has 0 fully saturated rings. The molecule has 2 N–H and O–H groups in total. The Labute approximate surface area is 49.1 Å². The van der Waals surface area contributed by atoms with E-state index < -0.39 is 6.17 Å². The van der Waals surface area contributed by atoms with Gasteiger partial charge >= 0.3 is 0 Å². The van der Waals surface area contributed by atoms with Crippen LogP contribution in [0.5, 0.6) is 0 Å². The minimum atomic E-state index is -0.898. The summed E-state index contributed by atoms with van der Waals surface area (Å²) in [6, 6.07) is 0. The molecule has 8 heavy (non-hydrogen) atoms. The Balaban J connectivity index is 3.08. The zero-order chi connectivity index (χ0) is 6.41. The summed E-state index contributed by atoms with van der Waals surface area (Å²) < 4.78 is 12.2. The van der Waals surface area contributed by atoms with E-state index in [9.17, 15) is 4.39 Å². The van der Waals surface area contributed by atoms with Crippen molar-refractivity contribution in [3.63, 3.8) is 0 Å². The molecule has 0 bridgehead atoms. The van der Waals surface area contributed by atoms with Gasteiger partial charge in [-0.3, -0.25) is 0 Å². The molecule has 0 saturated heterocycles. The molecule has 46 valence electrons. The largest absolute Gasteiger partial charge is 0.330 e. The van der Waals surface area contributed by atoms with Crippen LogP contribution < -0.4 is 5.73 Å². The van der Waals surface area contributed by atoms with Crippen molar-refractivity contribution < 1.29 is 4.39 Å². The maximum Gasteiger partial charge on any atom is 0.112 e. The van der Waals surface area contributed by atoms with E-state index in [2.05, 4.69) is 5.92 Å². The zero-order valence-electron chi connectivity index (χ0n) is 4.73. The number of rotatable bonds is 3. The van der Waals surface area contributed by atoms with Gasteiger partial charge in [0.15, 0.2) is 0 Å². The first-order valence-electron chi connectivity index (χ1n) is 2.59. The van der Waals surface area contributed by atoms with Crippen molar-refractivity contribution in [3.8, 4) is 12.3 Å². The van der Waals surface area contributed by atoms with Crippen LogP contribution in [-0.2, 0) is 0 Å². The Bertz CT molecular complexity index is 85.0. The van der Waals surface area contributed by atoms with Crippen molar-refractivity contribution >= 4 is 0 Å². The lowest BCUT2D eigenvalue weighted by molar-refractivity contribution is 0.325. The normalized spacial score (nSPS) is 12.6. The maximum absolute atomic E-state index is 12.2. The second-order valence-electron chi connectivity index (χ2n) is 1.58. The molecular weight excluding hydrogens is 105 g/mol. The molecule has 0 aromatic heterocycles. The molecule has 2 heteroatoms. The molecule has 0 radical (unpaired) electrons. The predicted molar refractivity (Wildman–Crippen MR) is 32.0 cm³/mol. The molecular formula is C6H10FN. The second kappa shape index (κ2) is 4.61. The highest BCUT2D eigenvalue weighted by Crippen LogP contribution is 1.99. The van der Waals surface area contributed by atoms with E-state index in [1.54, 1.807) is 0 Å². The first kappa shape index (κ1) is 7.45. The van der Waals surface area contributed by atoms with Crippen LogP contribution in [0, 0.1) is 12.3 Å². The fourth-order valence-corrected chi connectivity index (χ4v) is 0.411. The lowest BCUT2D eigenvalue weighted by Gasteiger charge is -1.98. The third kappa shape index (κ3) is 3.63. The van der Waals surface area contributed by atoms with Crippen LogP contribution in [0.3, 0.4) is 0 Å². The molecule has 0 spiro atoms. The summed E-state index contributed by atoms with van der Waals surface area (Å²) in [5, 5.41) is 0. The molecule has 1 nitrogen and oxygen atoms in total. The highest BCUT2D eigenvalue weighted by atomic mass is 19.1. The molecule has 0 aliphatic carbocycles. The van der Waals surface area contributed by atoms with E-state index in [1.165, 1.54) is 0 Å². The third-order valence-corrected chi connectivity index (χ3v) is 0.819. The Hall–Kier alpha value is -0.550. The van der Waals surface area contributed by atoms with Gasteiger partial charge in [-0.1, -0.05) is 0 Å². The van der Waals surface area contributed by atoms with E-state index in [-0.39, 0.29) is 6.42 Å². The highest BCUT2D eigenvalue weighted by molar-refractivity contribution is 4.86. The number of terminal acetylenes is 1. The quantitative estimate of drug-likeness (QED) is 0.538. The van der Waals surface area contributed by atoms with Gasteiger partial charge < -0.3 is 5.73 Å². The zero-order valence-corrected chi connectivity index (χ0v) is 4.73. The van der Waals surface area contributed by atoms with Crippen LogP contribution in [0.4, 0.5) is 4.39 Å². The molecule has 0 aliphatic rings. The summed E-state index contributed by atoms with van der Waals surface area (Å²) >= 11 is 0. The Kier molecular flexibility index (Phi) is 4.29. The van der Waals surface area contributed by atoms with E-state index in [0.717, 1.165) is 0 Å². The van der Waals surface area contributed by atoms with Crippen LogP contribution >= 0.6 is 0 Å². The summed E-state index contributed by atoms with van der Waals surface area (Å²) in [4.78, 5) is 0. The maximum atomic E-state index is 12.2. The summed E-state index contributed by atoms with van der Waals surface area (Å²) in [5.41, 5.74) is 5.05. The number of alkyl halides is 1. The molecule has 1 unspecified atom stereocenters. The van der Waals surface area contributed by atoms with Crippen LogP contribution in [0.15, 0.2) is 0 Å². The molecule has 0 aromatic rings. The fourth-order valence-electron chi connectivity index (χ4n) is 0.411. The van der Waals surface area contributed by atoms with Gasteiger partial charge in [0.05, 0.1) is 0 Å². The van der Waals surface area contributed by atoms with Crippen molar-refractivity contribution in [2.45, 2.75) is 19.0 Å². The molecule has 0 aromatic carbocycles. The smallest absolute Gasteiger partial charge is 0.112 e. The molecule has 0 saturated carbocycles. The first-order chi connectivity index (χ1) is 3.81. The SMILES string of the molecule is C#CCC(F)CCN. The van der Waals surface area contributed by atoms with Crippen molar-refractivity contribution in [3.05, 3.63) is 0 Å². The number of halogens is 1. The van der Waals surface area contributed by atoms with Gasteiger partial charge in [-0.2, -0.15) is 0 Å². The standard InChI is InChI=1S/C6H10FN/c1-2-3-6(7)4-5-8/h1,6H,3-5,8H2. The predicted octanol–water partition coefficient (Wildman–Crippen LogP) is 0.697. The van der Waals surface area contributed by atoms with Gasteiger partial charge in [-0.15, -0.1) is 12.3 Å². The van der Waals surface area contributed by atoms with Gasteiger partial charge in [0.1, 0.15) is 6.17 Å². The Morgan fingerprint density at radius 1 is 1.75 bits per heavy atom. The molecule has 0 rings (SSSR count). The summed E-state index contributed by atoms with van der Waals surface area (Å²) in [5.74, 6) is 2.22. The van der Waals surface area contributed by atoms with Gasteiger partial charge in [-0.25, -0.2) is 4.39 Å². The van der Waals surface area contributed by atoms with Crippen LogP contribution in [0.2, 0.25) is 0 Å². The van der Waals surface area contributed by atoms with Crippen LogP contribution in [0.1, 0.15) is 12.8 Å². The lowest BCUT2D eigenvalue weighted by Crippen LogP contribution is -2.07. The van der Waals surface area contributed by atoms with E-state index in [4.69, 9.17) is 12.2 Å². The van der Waals surface area contributed by atoms with Gasteiger partial charge in [0.2, 0.25) is 0 Å². The van der Waals surface area contributed by atoms with Crippen molar-refractivity contribution in [1.29, 1.82) is 0 Å². The minimum Gasteiger partial charge on any atom is -0.330 e. The van der Waals surface area contributed by atoms with Crippen LogP contribution in [0.25, 0.3) is 0 Å². The Morgan fingerprint density at radius 2 is 2.38 bits per heavy atom. The fraction of sp³-hybridized carbons (Fsp3) is 0.667. The Morgan fingerprint density at radius 3 is 2.75 bits per heavy atom. The van der Waals surface area contributed by atoms with Gasteiger partial charge in [0, 0.05) is 6.42 Å². The monoisotopic (exact) mass is 115 g/mol. The molecule has 0 amide bonds. The number of nitrogens with two attached hydrogens (primary N) is 1. The van der Waals surface area contributed by atoms with Gasteiger partial charge in [0.25, 0.3) is 0 Å². The minimum absolute atomic E-state index is 0.192. The van der Waals surface area contributed by atoms with Gasteiger partial charge in [-0.05, 0) is 13.0 Å². The highest BCUT2D eigenvalue weighted by Gasteiger charge is 1.99. The first-order valence-corrected chi connectivity index (χ1v) is 2.59. The molecule has 0 aliphatic heterocycles. The average Bonchev–Trinajstić information content (AvgIpc) is 1.68. The third-order valence-electron chi connectivity index (χ3n) is 0.819. The van der Waals surface area contributed by atoms with E-state index >= 15 is 0 Å². The van der Waals surface area contributed by atoms with Crippen molar-refractivity contribution in [2.24, 2.45) is 5.73 Å². The van der Waals surface area contributed by atoms with E-state index in [1.807, 2.05) is 0 Å². The number of hydrogen-bond acceptors (Lipinski definition) is 1.